The standard InChI is InChI=1S/C45H34/c1-43(2)40-18-5-3-4-17-37(40)38-23-20-32(26-42(38)43)30-11-6-10-29(24-30)31-12-7-13-33(25-31)39-27-36-16-8-14-34-21-22-35-15-9-19-41(39)45(35)28-44(34,36)45/h4-27H,3,28H2,1-2H3. The Morgan fingerprint density at radius 1 is 0.578 bits per heavy atom. The van der Waals surface area contributed by atoms with E-state index in [-0.39, 0.29) is 16.2 Å². The quantitative estimate of drug-likeness (QED) is 0.292. The highest BCUT2D eigenvalue weighted by Crippen LogP contribution is 2.83. The van der Waals surface area contributed by atoms with Crippen LogP contribution >= 0.6 is 0 Å². The second-order valence-electron chi connectivity index (χ2n) is 14.1. The molecule has 0 aliphatic heterocycles. The largest absolute Gasteiger partial charge is 0.0804 e. The van der Waals surface area contributed by atoms with Crippen LogP contribution in [0.3, 0.4) is 0 Å². The van der Waals surface area contributed by atoms with Crippen LogP contribution in [0.5, 0.6) is 0 Å². The zero-order chi connectivity index (χ0) is 30.0. The summed E-state index contributed by atoms with van der Waals surface area (Å²) in [6, 6.07) is 25.4. The van der Waals surface area contributed by atoms with Crippen LogP contribution in [0.4, 0.5) is 0 Å². The molecule has 0 amide bonds. The molecule has 0 saturated heterocycles. The molecule has 0 bridgehead atoms. The van der Waals surface area contributed by atoms with Crippen LogP contribution in [0.2, 0.25) is 0 Å². The fourth-order valence-corrected chi connectivity index (χ4v) is 9.43. The molecular weight excluding hydrogens is 540 g/mol. The van der Waals surface area contributed by atoms with Crippen LogP contribution < -0.4 is 0 Å². The van der Waals surface area contributed by atoms with Crippen LogP contribution in [0.25, 0.3) is 33.4 Å². The van der Waals surface area contributed by atoms with Crippen molar-refractivity contribution in [3.63, 3.8) is 0 Å². The van der Waals surface area contributed by atoms with Gasteiger partial charge in [-0.25, -0.2) is 0 Å². The van der Waals surface area contributed by atoms with E-state index in [2.05, 4.69) is 160 Å². The molecule has 0 nitrogen and oxygen atoms in total. The Morgan fingerprint density at radius 2 is 1.24 bits per heavy atom. The van der Waals surface area contributed by atoms with E-state index in [4.69, 9.17) is 0 Å². The molecule has 7 aliphatic rings. The summed E-state index contributed by atoms with van der Waals surface area (Å²) in [5.74, 6) is 0. The van der Waals surface area contributed by atoms with Gasteiger partial charge in [0.05, 0.1) is 0 Å². The average Bonchev–Trinajstić information content (AvgIpc) is 3.80. The molecule has 2 spiro atoms. The van der Waals surface area contributed by atoms with Crippen LogP contribution in [0.1, 0.15) is 43.4 Å². The van der Waals surface area contributed by atoms with Crippen molar-refractivity contribution in [2.75, 3.05) is 0 Å². The molecule has 1 saturated carbocycles. The fraction of sp³-hybridized carbons (Fsp3) is 0.156. The summed E-state index contributed by atoms with van der Waals surface area (Å²) >= 11 is 0. The second kappa shape index (κ2) is 8.61. The predicted molar refractivity (Wildman–Crippen MR) is 188 cm³/mol. The first-order valence-electron chi connectivity index (χ1n) is 16.4. The molecule has 10 rings (SSSR count). The lowest BCUT2D eigenvalue weighted by Gasteiger charge is -2.41. The van der Waals surface area contributed by atoms with E-state index < -0.39 is 0 Å². The minimum atomic E-state index is -0.0132. The van der Waals surface area contributed by atoms with Crippen molar-refractivity contribution in [1.82, 2.24) is 0 Å². The average molecular weight is 575 g/mol. The van der Waals surface area contributed by atoms with Gasteiger partial charge >= 0.3 is 0 Å². The third-order valence-electron chi connectivity index (χ3n) is 11.7. The first kappa shape index (κ1) is 25.4. The van der Waals surface area contributed by atoms with Gasteiger partial charge in [-0.05, 0) is 115 Å². The summed E-state index contributed by atoms with van der Waals surface area (Å²) in [5, 5.41) is 0. The Kier molecular flexibility index (Phi) is 4.86. The highest BCUT2D eigenvalue weighted by molar-refractivity contribution is 5.94. The molecule has 1 fully saturated rings. The van der Waals surface area contributed by atoms with Gasteiger partial charge in [0, 0.05) is 16.2 Å². The molecule has 3 aromatic rings. The van der Waals surface area contributed by atoms with Gasteiger partial charge < -0.3 is 0 Å². The van der Waals surface area contributed by atoms with Gasteiger partial charge in [0.15, 0.2) is 0 Å². The first-order valence-corrected chi connectivity index (χ1v) is 16.4. The maximum Gasteiger partial charge on any atom is 0.0358 e. The lowest BCUT2D eigenvalue weighted by atomic mass is 9.62. The lowest BCUT2D eigenvalue weighted by Crippen LogP contribution is -2.29. The molecule has 0 radical (unpaired) electrons. The Balaban J connectivity index is 1.04. The summed E-state index contributed by atoms with van der Waals surface area (Å²) in [6.07, 6.45) is 32.5. The number of fused-ring (bicyclic) bond motifs is 2. The lowest BCUT2D eigenvalue weighted by molar-refractivity contribution is 0.568. The Bertz CT molecular complexity index is 2220. The monoisotopic (exact) mass is 574 g/mol. The van der Waals surface area contributed by atoms with Gasteiger partial charge in [-0.1, -0.05) is 135 Å². The zero-order valence-electron chi connectivity index (χ0n) is 25.8. The maximum atomic E-state index is 2.48. The van der Waals surface area contributed by atoms with Gasteiger partial charge in [-0.2, -0.15) is 0 Å². The van der Waals surface area contributed by atoms with Crippen LogP contribution in [-0.2, 0) is 5.41 Å². The second-order valence-corrected chi connectivity index (χ2v) is 14.1. The molecule has 3 aromatic carbocycles. The van der Waals surface area contributed by atoms with E-state index in [1.54, 1.807) is 0 Å². The van der Waals surface area contributed by atoms with Crippen molar-refractivity contribution in [2.45, 2.75) is 32.1 Å². The number of hydrogen-bond acceptors (Lipinski definition) is 0. The Labute approximate surface area is 265 Å². The van der Waals surface area contributed by atoms with Crippen molar-refractivity contribution in [1.29, 1.82) is 0 Å². The Hall–Kier alpha value is -4.94. The van der Waals surface area contributed by atoms with E-state index in [1.807, 2.05) is 0 Å². The Morgan fingerprint density at radius 3 is 2.04 bits per heavy atom. The van der Waals surface area contributed by atoms with E-state index >= 15 is 0 Å². The summed E-state index contributed by atoms with van der Waals surface area (Å²) in [4.78, 5) is 0. The van der Waals surface area contributed by atoms with Crippen LogP contribution in [0.15, 0.2) is 174 Å². The van der Waals surface area contributed by atoms with E-state index in [9.17, 15) is 0 Å². The van der Waals surface area contributed by atoms with Gasteiger partial charge in [0.25, 0.3) is 0 Å². The molecule has 0 heteroatoms. The summed E-state index contributed by atoms with van der Waals surface area (Å²) in [7, 11) is 0. The van der Waals surface area contributed by atoms with Gasteiger partial charge in [-0.3, -0.25) is 0 Å². The normalized spacial score (nSPS) is 26.8. The predicted octanol–water partition coefficient (Wildman–Crippen LogP) is 11.2. The fourth-order valence-electron chi connectivity index (χ4n) is 9.43. The molecule has 7 aliphatic carbocycles. The molecule has 214 valence electrons. The van der Waals surface area contributed by atoms with Crippen molar-refractivity contribution in [3.8, 4) is 22.3 Å². The van der Waals surface area contributed by atoms with E-state index in [0.29, 0.717) is 0 Å². The number of benzene rings is 3. The maximum absolute atomic E-state index is 2.48. The molecule has 0 aromatic heterocycles. The molecule has 2 atom stereocenters. The number of hydrogen-bond donors (Lipinski definition) is 0. The van der Waals surface area contributed by atoms with Crippen LogP contribution in [-0.4, -0.2) is 0 Å². The SMILES string of the molecule is CC1(C)C2=C(C=CCC=C2)c2ccc(-c3cccc(-c4cccc(C5=CC6=CC=CC7=CC=C8C=CC=C5C85CC765)c4)c3)cc21. The molecule has 45 heavy (non-hydrogen) atoms. The molecule has 0 N–H and O–H groups in total. The summed E-state index contributed by atoms with van der Waals surface area (Å²) in [5.41, 5.74) is 19.4. The van der Waals surface area contributed by atoms with Gasteiger partial charge in [-0.15, -0.1) is 0 Å². The number of allylic oxidation sites excluding steroid dienone is 20. The third kappa shape index (κ3) is 3.17. The molecular formula is C45H34. The first-order chi connectivity index (χ1) is 22.0. The van der Waals surface area contributed by atoms with Gasteiger partial charge in [0.2, 0.25) is 0 Å². The van der Waals surface area contributed by atoms with E-state index in [0.717, 1.165) is 6.42 Å². The highest BCUT2D eigenvalue weighted by atomic mass is 14.8. The van der Waals surface area contributed by atoms with Crippen molar-refractivity contribution in [2.24, 2.45) is 10.8 Å². The minimum absolute atomic E-state index is 0.0132. The topological polar surface area (TPSA) is 0 Å². The summed E-state index contributed by atoms with van der Waals surface area (Å²) < 4.78 is 0. The van der Waals surface area contributed by atoms with E-state index in [1.165, 1.54) is 84.4 Å². The number of rotatable bonds is 3. The third-order valence-corrected chi connectivity index (χ3v) is 11.7. The highest BCUT2D eigenvalue weighted by Gasteiger charge is 2.75. The smallest absolute Gasteiger partial charge is 0.0358 e. The van der Waals surface area contributed by atoms with Gasteiger partial charge in [0.1, 0.15) is 0 Å². The van der Waals surface area contributed by atoms with Crippen LogP contribution in [0, 0.1) is 10.8 Å². The molecule has 0 heterocycles. The molecule has 2 unspecified atom stereocenters. The van der Waals surface area contributed by atoms with Crippen molar-refractivity contribution < 1.29 is 0 Å². The minimum Gasteiger partial charge on any atom is -0.0804 e. The van der Waals surface area contributed by atoms with Crippen molar-refractivity contribution >= 4 is 11.1 Å². The van der Waals surface area contributed by atoms with Crippen molar-refractivity contribution in [3.05, 3.63) is 190 Å². The summed E-state index contributed by atoms with van der Waals surface area (Å²) in [6.45, 7) is 4.74. The zero-order valence-corrected chi connectivity index (χ0v) is 25.8.